The van der Waals surface area contributed by atoms with Crippen molar-refractivity contribution in [1.82, 2.24) is 9.88 Å². The molecule has 0 radical (unpaired) electrons. The van der Waals surface area contributed by atoms with Gasteiger partial charge in [0.15, 0.2) is 0 Å². The first-order valence-electron chi connectivity index (χ1n) is 7.47. The quantitative estimate of drug-likeness (QED) is 0.866. The van der Waals surface area contributed by atoms with Gasteiger partial charge in [-0.3, -0.25) is 9.59 Å². The predicted molar refractivity (Wildman–Crippen MR) is 85.4 cm³/mol. The molecule has 2 rings (SSSR count). The summed E-state index contributed by atoms with van der Waals surface area (Å²) in [7, 11) is 1.56. The number of hydrogen-bond donors (Lipinski definition) is 1. The lowest BCUT2D eigenvalue weighted by atomic mass is 10.1. The second kappa shape index (κ2) is 7.87. The van der Waals surface area contributed by atoms with E-state index in [1.165, 1.54) is 0 Å². The number of methoxy groups -OCH3 is 1. The number of amides is 1. The van der Waals surface area contributed by atoms with E-state index in [1.54, 1.807) is 19.2 Å². The Hall–Kier alpha value is -2.77. The van der Waals surface area contributed by atoms with Crippen molar-refractivity contribution in [2.24, 2.45) is 0 Å². The van der Waals surface area contributed by atoms with Crippen LogP contribution >= 0.6 is 0 Å². The summed E-state index contributed by atoms with van der Waals surface area (Å²) in [5.74, 6) is 0.187. The van der Waals surface area contributed by atoms with Crippen molar-refractivity contribution in [3.05, 3.63) is 64.1 Å². The fraction of sp³-hybridized carbons (Fsp3) is 0.294. The lowest BCUT2D eigenvalue weighted by Crippen LogP contribution is -2.35. The first-order chi connectivity index (χ1) is 11.8. The fourth-order valence-electron chi connectivity index (χ4n) is 2.23. The summed E-state index contributed by atoms with van der Waals surface area (Å²) in [5.41, 5.74) is -1.56. The number of benzene rings is 1. The van der Waals surface area contributed by atoms with E-state index in [2.05, 4.69) is 5.32 Å². The Morgan fingerprint density at radius 1 is 1.20 bits per heavy atom. The van der Waals surface area contributed by atoms with Crippen LogP contribution in [0.15, 0.2) is 47.4 Å². The van der Waals surface area contributed by atoms with E-state index in [1.807, 2.05) is 12.1 Å². The van der Waals surface area contributed by atoms with Crippen LogP contribution in [0.25, 0.3) is 0 Å². The van der Waals surface area contributed by atoms with Gasteiger partial charge in [-0.2, -0.15) is 13.2 Å². The molecule has 1 amide bonds. The van der Waals surface area contributed by atoms with Crippen molar-refractivity contribution in [3.8, 4) is 5.75 Å². The SMILES string of the molecule is COc1ccc(CCNC(=O)Cn2cccc(C(F)(F)F)c2=O)cc1. The smallest absolute Gasteiger partial charge is 0.421 e. The van der Waals surface area contributed by atoms with E-state index in [0.29, 0.717) is 19.0 Å². The molecular formula is C17H17F3N2O3. The number of nitrogens with one attached hydrogen (secondary N) is 1. The molecule has 1 aromatic carbocycles. The molecule has 0 aliphatic rings. The molecule has 2 aromatic rings. The Morgan fingerprint density at radius 2 is 1.88 bits per heavy atom. The van der Waals surface area contributed by atoms with Crippen LogP contribution in [0.3, 0.4) is 0 Å². The maximum Gasteiger partial charge on any atom is 0.421 e. The number of carbonyl (C=O) groups is 1. The zero-order chi connectivity index (χ0) is 18.4. The lowest BCUT2D eigenvalue weighted by molar-refractivity contribution is -0.139. The molecule has 1 heterocycles. The van der Waals surface area contributed by atoms with Crippen molar-refractivity contribution in [3.63, 3.8) is 0 Å². The van der Waals surface area contributed by atoms with Crippen LogP contribution in [0.2, 0.25) is 0 Å². The molecule has 1 aromatic heterocycles. The highest BCUT2D eigenvalue weighted by atomic mass is 19.4. The van der Waals surface area contributed by atoms with Gasteiger partial charge in [0.05, 0.1) is 7.11 Å². The van der Waals surface area contributed by atoms with Crippen LogP contribution in [0.5, 0.6) is 5.75 Å². The van der Waals surface area contributed by atoms with Gasteiger partial charge in [-0.05, 0) is 36.2 Å². The van der Waals surface area contributed by atoms with Gasteiger partial charge in [0.25, 0.3) is 5.56 Å². The molecule has 0 saturated carbocycles. The van der Waals surface area contributed by atoms with Gasteiger partial charge in [-0.15, -0.1) is 0 Å². The van der Waals surface area contributed by atoms with Crippen LogP contribution in [0, 0.1) is 0 Å². The molecule has 0 bridgehead atoms. The molecule has 0 atom stereocenters. The van der Waals surface area contributed by atoms with Crippen molar-refractivity contribution >= 4 is 5.91 Å². The molecule has 5 nitrogen and oxygen atoms in total. The fourth-order valence-corrected chi connectivity index (χ4v) is 2.23. The second-order valence-corrected chi connectivity index (χ2v) is 5.30. The highest BCUT2D eigenvalue weighted by Gasteiger charge is 2.34. The Morgan fingerprint density at radius 3 is 2.48 bits per heavy atom. The number of carbonyl (C=O) groups excluding carboxylic acids is 1. The number of alkyl halides is 3. The average molecular weight is 354 g/mol. The van der Waals surface area contributed by atoms with Crippen LogP contribution in [0.1, 0.15) is 11.1 Å². The topological polar surface area (TPSA) is 60.3 Å². The monoisotopic (exact) mass is 354 g/mol. The first kappa shape index (κ1) is 18.6. The zero-order valence-electron chi connectivity index (χ0n) is 13.5. The van der Waals surface area contributed by atoms with Crippen LogP contribution in [0.4, 0.5) is 13.2 Å². The Labute approximate surface area is 142 Å². The highest BCUT2D eigenvalue weighted by molar-refractivity contribution is 5.75. The molecule has 1 N–H and O–H groups in total. The van der Waals surface area contributed by atoms with Gasteiger partial charge in [0.2, 0.25) is 5.91 Å². The molecule has 0 unspecified atom stereocenters. The third-order valence-corrected chi connectivity index (χ3v) is 3.53. The minimum atomic E-state index is -4.75. The third kappa shape index (κ3) is 5.10. The molecule has 0 fully saturated rings. The Kier molecular flexibility index (Phi) is 5.84. The van der Waals surface area contributed by atoms with Crippen LogP contribution in [-0.2, 0) is 23.9 Å². The lowest BCUT2D eigenvalue weighted by Gasteiger charge is -2.10. The number of ether oxygens (including phenoxy) is 1. The molecular weight excluding hydrogens is 337 g/mol. The van der Waals surface area contributed by atoms with E-state index in [9.17, 15) is 22.8 Å². The van der Waals surface area contributed by atoms with Gasteiger partial charge in [0.1, 0.15) is 17.9 Å². The molecule has 0 saturated heterocycles. The average Bonchev–Trinajstić information content (AvgIpc) is 2.56. The number of pyridine rings is 1. The zero-order valence-corrected chi connectivity index (χ0v) is 13.5. The summed E-state index contributed by atoms with van der Waals surface area (Å²) in [6.45, 7) is -0.162. The van der Waals surface area contributed by atoms with Crippen molar-refractivity contribution in [2.75, 3.05) is 13.7 Å². The first-order valence-corrected chi connectivity index (χ1v) is 7.47. The minimum absolute atomic E-state index is 0.304. The van der Waals surface area contributed by atoms with E-state index < -0.39 is 29.8 Å². The van der Waals surface area contributed by atoms with Crippen LogP contribution in [-0.4, -0.2) is 24.1 Å². The van der Waals surface area contributed by atoms with Gasteiger partial charge in [0, 0.05) is 12.7 Å². The number of aromatic nitrogens is 1. The Bertz CT molecular complexity index is 783. The normalized spacial score (nSPS) is 11.2. The summed E-state index contributed by atoms with van der Waals surface area (Å²) < 4.78 is 43.8. The summed E-state index contributed by atoms with van der Waals surface area (Å²) in [4.78, 5) is 23.6. The summed E-state index contributed by atoms with van der Waals surface area (Å²) in [5, 5.41) is 2.58. The van der Waals surface area contributed by atoms with E-state index in [-0.39, 0.29) is 0 Å². The molecule has 0 aliphatic heterocycles. The summed E-state index contributed by atoms with van der Waals surface area (Å²) >= 11 is 0. The summed E-state index contributed by atoms with van der Waals surface area (Å²) in [6, 6.07) is 9.07. The maximum absolute atomic E-state index is 12.7. The maximum atomic E-state index is 12.7. The Balaban J connectivity index is 1.91. The van der Waals surface area contributed by atoms with E-state index >= 15 is 0 Å². The van der Waals surface area contributed by atoms with Gasteiger partial charge in [-0.25, -0.2) is 0 Å². The molecule has 0 spiro atoms. The predicted octanol–water partition coefficient (Wildman–Crippen LogP) is 2.23. The second-order valence-electron chi connectivity index (χ2n) is 5.30. The number of nitrogens with zero attached hydrogens (tertiary/aromatic N) is 1. The molecule has 25 heavy (non-hydrogen) atoms. The molecule has 0 aliphatic carbocycles. The van der Waals surface area contributed by atoms with Gasteiger partial charge in [-0.1, -0.05) is 12.1 Å². The highest BCUT2D eigenvalue weighted by Crippen LogP contribution is 2.25. The third-order valence-electron chi connectivity index (χ3n) is 3.53. The largest absolute Gasteiger partial charge is 0.497 e. The minimum Gasteiger partial charge on any atom is -0.497 e. The summed E-state index contributed by atoms with van der Waals surface area (Å²) in [6.07, 6.45) is -3.04. The number of halogens is 3. The van der Waals surface area contributed by atoms with Gasteiger partial charge >= 0.3 is 6.18 Å². The molecule has 134 valence electrons. The van der Waals surface area contributed by atoms with E-state index in [4.69, 9.17) is 4.74 Å². The molecule has 8 heteroatoms. The van der Waals surface area contributed by atoms with Crippen molar-refractivity contribution in [1.29, 1.82) is 0 Å². The van der Waals surface area contributed by atoms with Gasteiger partial charge < -0.3 is 14.6 Å². The van der Waals surface area contributed by atoms with Crippen molar-refractivity contribution in [2.45, 2.75) is 19.1 Å². The van der Waals surface area contributed by atoms with E-state index in [0.717, 1.165) is 28.1 Å². The number of rotatable bonds is 6. The number of hydrogen-bond acceptors (Lipinski definition) is 3. The van der Waals surface area contributed by atoms with Crippen LogP contribution < -0.4 is 15.6 Å². The van der Waals surface area contributed by atoms with Crippen molar-refractivity contribution < 1.29 is 22.7 Å². The standard InChI is InChI=1S/C17H17F3N2O3/c1-25-13-6-4-12(5-7-13)8-9-21-15(23)11-22-10-2-3-14(16(22)24)17(18,19)20/h2-7,10H,8-9,11H2,1H3,(H,21,23).